The van der Waals surface area contributed by atoms with Gasteiger partial charge in [0.15, 0.2) is 0 Å². The van der Waals surface area contributed by atoms with Gasteiger partial charge >= 0.3 is 0 Å². The van der Waals surface area contributed by atoms with Gasteiger partial charge in [0.1, 0.15) is 0 Å². The Morgan fingerprint density at radius 3 is 2.30 bits per heavy atom. The third-order valence-corrected chi connectivity index (χ3v) is 4.59. The first-order valence-corrected chi connectivity index (χ1v) is 9.00. The molecule has 0 unspecified atom stereocenters. The van der Waals surface area contributed by atoms with E-state index in [1.807, 2.05) is 57.2 Å². The van der Waals surface area contributed by atoms with E-state index in [0.717, 1.165) is 22.4 Å². The van der Waals surface area contributed by atoms with Crippen LogP contribution in [0.5, 0.6) is 0 Å². The number of amides is 1. The molecule has 0 saturated heterocycles. The van der Waals surface area contributed by atoms with Gasteiger partial charge in [0, 0.05) is 29.6 Å². The minimum Gasteiger partial charge on any atom is -0.350 e. The van der Waals surface area contributed by atoms with Crippen LogP contribution in [-0.2, 0) is 6.54 Å². The van der Waals surface area contributed by atoms with Gasteiger partial charge in [-0.25, -0.2) is 9.97 Å². The van der Waals surface area contributed by atoms with Crippen LogP contribution in [0.3, 0.4) is 0 Å². The van der Waals surface area contributed by atoms with Crippen molar-refractivity contribution in [3.8, 4) is 0 Å². The summed E-state index contributed by atoms with van der Waals surface area (Å²) >= 11 is 6.14. The Morgan fingerprint density at radius 2 is 1.67 bits per heavy atom. The first-order valence-electron chi connectivity index (χ1n) is 8.62. The highest BCUT2D eigenvalue weighted by Crippen LogP contribution is 2.22. The molecule has 3 aromatic rings. The fourth-order valence-electron chi connectivity index (χ4n) is 2.92. The van der Waals surface area contributed by atoms with Crippen LogP contribution >= 0.6 is 11.6 Å². The molecule has 0 bridgehead atoms. The van der Waals surface area contributed by atoms with Gasteiger partial charge in [0.2, 0.25) is 5.95 Å². The van der Waals surface area contributed by atoms with Crippen LogP contribution in [0.15, 0.2) is 48.8 Å². The lowest BCUT2D eigenvalue weighted by atomic mass is 10.0. The summed E-state index contributed by atoms with van der Waals surface area (Å²) in [6, 6.07) is 11.7. The Balaban J connectivity index is 1.66. The molecule has 0 fully saturated rings. The zero-order valence-electron chi connectivity index (χ0n) is 15.5. The third-order valence-electron chi connectivity index (χ3n) is 4.22. The van der Waals surface area contributed by atoms with E-state index in [4.69, 9.17) is 11.6 Å². The van der Waals surface area contributed by atoms with E-state index in [-0.39, 0.29) is 5.91 Å². The highest BCUT2D eigenvalue weighted by molar-refractivity contribution is 6.31. The molecule has 27 heavy (non-hydrogen) atoms. The van der Waals surface area contributed by atoms with Crippen molar-refractivity contribution in [1.29, 1.82) is 0 Å². The number of nitrogens with zero attached hydrogens (tertiary/aromatic N) is 2. The average Bonchev–Trinajstić information content (AvgIpc) is 2.64. The fourth-order valence-corrected chi connectivity index (χ4v) is 3.12. The highest BCUT2D eigenvalue weighted by atomic mass is 35.5. The quantitative estimate of drug-likeness (QED) is 0.659. The lowest BCUT2D eigenvalue weighted by Gasteiger charge is -2.13. The third kappa shape index (κ3) is 4.63. The molecule has 0 spiro atoms. The molecule has 0 radical (unpaired) electrons. The van der Waals surface area contributed by atoms with Crippen LogP contribution in [-0.4, -0.2) is 15.9 Å². The summed E-state index contributed by atoms with van der Waals surface area (Å²) in [7, 11) is 0. The molecular formula is C21H21ClN4O. The molecule has 1 heterocycles. The first kappa shape index (κ1) is 18.9. The number of aromatic nitrogens is 2. The molecular weight excluding hydrogens is 360 g/mol. The number of halogens is 1. The zero-order valence-corrected chi connectivity index (χ0v) is 16.3. The SMILES string of the molecule is Cc1cc(C)c(NC(=O)c2cnc(NCc3ccccc3Cl)nc2)c(C)c1. The minimum absolute atomic E-state index is 0.234. The molecule has 0 saturated carbocycles. The minimum atomic E-state index is -0.234. The zero-order chi connectivity index (χ0) is 19.4. The molecule has 1 amide bonds. The van der Waals surface area contributed by atoms with E-state index in [1.54, 1.807) is 0 Å². The van der Waals surface area contributed by atoms with Gasteiger partial charge in [-0.2, -0.15) is 0 Å². The van der Waals surface area contributed by atoms with Crippen molar-refractivity contribution in [3.63, 3.8) is 0 Å². The summed E-state index contributed by atoms with van der Waals surface area (Å²) in [6.45, 7) is 6.50. The van der Waals surface area contributed by atoms with Gasteiger partial charge in [0.25, 0.3) is 5.91 Å². The molecule has 1 aromatic heterocycles. The van der Waals surface area contributed by atoms with Crippen molar-refractivity contribution in [3.05, 3.63) is 81.6 Å². The molecule has 0 atom stereocenters. The maximum absolute atomic E-state index is 12.5. The van der Waals surface area contributed by atoms with Crippen LogP contribution in [0.4, 0.5) is 11.6 Å². The molecule has 3 rings (SSSR count). The van der Waals surface area contributed by atoms with Crippen LogP contribution in [0.1, 0.15) is 32.6 Å². The Bertz CT molecular complexity index is 947. The summed E-state index contributed by atoms with van der Waals surface area (Å²) in [5.41, 5.74) is 5.40. The number of benzene rings is 2. The number of nitrogens with one attached hydrogen (secondary N) is 2. The molecule has 0 aliphatic heterocycles. The largest absolute Gasteiger partial charge is 0.350 e. The Hall–Kier alpha value is -2.92. The second-order valence-electron chi connectivity index (χ2n) is 6.47. The van der Waals surface area contributed by atoms with Crippen LogP contribution in [0.2, 0.25) is 5.02 Å². The Labute approximate surface area is 163 Å². The number of carbonyl (C=O) groups is 1. The standard InChI is InChI=1S/C21H21ClN4O/c1-13-8-14(2)19(15(3)9-13)26-20(27)17-11-24-21(25-12-17)23-10-16-6-4-5-7-18(16)22/h4-9,11-12H,10H2,1-3H3,(H,26,27)(H,23,24,25). The van der Waals surface area contributed by atoms with Gasteiger partial charge in [-0.15, -0.1) is 0 Å². The van der Waals surface area contributed by atoms with Crippen LogP contribution < -0.4 is 10.6 Å². The van der Waals surface area contributed by atoms with Crippen LogP contribution in [0, 0.1) is 20.8 Å². The van der Waals surface area contributed by atoms with Gasteiger partial charge in [-0.1, -0.05) is 47.5 Å². The predicted octanol–water partition coefficient (Wildman–Crippen LogP) is 4.92. The molecule has 6 heteroatoms. The van der Waals surface area contributed by atoms with E-state index in [9.17, 15) is 4.79 Å². The number of hydrogen-bond acceptors (Lipinski definition) is 4. The maximum Gasteiger partial charge on any atom is 0.258 e. The molecule has 138 valence electrons. The summed E-state index contributed by atoms with van der Waals surface area (Å²) in [6.07, 6.45) is 3.02. The summed E-state index contributed by atoms with van der Waals surface area (Å²) in [4.78, 5) is 20.9. The summed E-state index contributed by atoms with van der Waals surface area (Å²) in [5, 5.41) is 6.74. The highest BCUT2D eigenvalue weighted by Gasteiger charge is 2.11. The lowest BCUT2D eigenvalue weighted by Crippen LogP contribution is -2.15. The van der Waals surface area contributed by atoms with E-state index in [2.05, 4.69) is 20.6 Å². The molecule has 2 aromatic carbocycles. The van der Waals surface area contributed by atoms with Crippen molar-refractivity contribution >= 4 is 29.1 Å². The summed E-state index contributed by atoms with van der Waals surface area (Å²) in [5.74, 6) is 0.205. The number of anilines is 2. The van der Waals surface area contributed by atoms with Crippen LogP contribution in [0.25, 0.3) is 0 Å². The average molecular weight is 381 g/mol. The monoisotopic (exact) mass is 380 g/mol. The van der Waals surface area contributed by atoms with E-state index >= 15 is 0 Å². The van der Waals surface area contributed by atoms with Gasteiger partial charge in [-0.3, -0.25) is 4.79 Å². The van der Waals surface area contributed by atoms with E-state index in [0.29, 0.717) is 23.1 Å². The normalized spacial score (nSPS) is 10.5. The Morgan fingerprint density at radius 1 is 1.04 bits per heavy atom. The second-order valence-corrected chi connectivity index (χ2v) is 6.88. The topological polar surface area (TPSA) is 66.9 Å². The van der Waals surface area contributed by atoms with E-state index in [1.165, 1.54) is 18.0 Å². The lowest BCUT2D eigenvalue weighted by molar-refractivity contribution is 0.102. The fraction of sp³-hybridized carbons (Fsp3) is 0.190. The molecule has 0 aliphatic carbocycles. The van der Waals surface area contributed by atoms with Gasteiger partial charge in [0.05, 0.1) is 5.56 Å². The van der Waals surface area contributed by atoms with Crippen molar-refractivity contribution in [2.24, 2.45) is 0 Å². The number of rotatable bonds is 5. The first-order chi connectivity index (χ1) is 12.9. The summed E-state index contributed by atoms with van der Waals surface area (Å²) < 4.78 is 0. The number of carbonyl (C=O) groups excluding carboxylic acids is 1. The predicted molar refractivity (Wildman–Crippen MR) is 109 cm³/mol. The maximum atomic E-state index is 12.5. The number of hydrogen-bond donors (Lipinski definition) is 2. The molecule has 5 nitrogen and oxygen atoms in total. The van der Waals surface area contributed by atoms with Gasteiger partial charge in [-0.05, 0) is 43.5 Å². The van der Waals surface area contributed by atoms with Crippen molar-refractivity contribution in [2.75, 3.05) is 10.6 Å². The van der Waals surface area contributed by atoms with Gasteiger partial charge < -0.3 is 10.6 Å². The number of aryl methyl sites for hydroxylation is 3. The molecule has 2 N–H and O–H groups in total. The Kier molecular flexibility index (Phi) is 5.72. The van der Waals surface area contributed by atoms with Crippen molar-refractivity contribution < 1.29 is 4.79 Å². The van der Waals surface area contributed by atoms with E-state index < -0.39 is 0 Å². The smallest absolute Gasteiger partial charge is 0.258 e. The van der Waals surface area contributed by atoms with Crippen molar-refractivity contribution in [1.82, 2.24) is 9.97 Å². The van der Waals surface area contributed by atoms with Crippen molar-refractivity contribution in [2.45, 2.75) is 27.3 Å². The molecule has 0 aliphatic rings. The second kappa shape index (κ2) is 8.18.